The molecule has 1 nitrogen and oxygen atoms in total. The molecule has 0 aliphatic heterocycles. The van der Waals surface area contributed by atoms with E-state index < -0.39 is 0 Å². The molecule has 1 unspecified atom stereocenters. The van der Waals surface area contributed by atoms with Crippen molar-refractivity contribution >= 4 is 22.5 Å². The number of nitrogens with zero attached hydrogens (tertiary/aromatic N) is 1. The monoisotopic (exact) mass is 245 g/mol. The average Bonchev–Trinajstić information content (AvgIpc) is 3.20. The van der Waals surface area contributed by atoms with Crippen LogP contribution in [-0.2, 0) is 6.42 Å². The molecule has 2 aromatic rings. The van der Waals surface area contributed by atoms with Crippen molar-refractivity contribution in [2.75, 3.05) is 0 Å². The van der Waals surface area contributed by atoms with Gasteiger partial charge in [0, 0.05) is 17.0 Å². The molecule has 1 aromatic carbocycles. The van der Waals surface area contributed by atoms with Crippen molar-refractivity contribution in [2.24, 2.45) is 5.92 Å². The maximum Gasteiger partial charge on any atom is 0.0733 e. The molecule has 2 heteroatoms. The summed E-state index contributed by atoms with van der Waals surface area (Å²) in [5.41, 5.74) is 2.46. The first-order valence-electron chi connectivity index (χ1n) is 6.31. The number of aromatic nitrogens is 1. The van der Waals surface area contributed by atoms with Crippen LogP contribution in [0.25, 0.3) is 10.9 Å². The molecule has 1 aliphatic rings. The Labute approximate surface area is 107 Å². The lowest BCUT2D eigenvalue weighted by Gasteiger charge is -2.09. The van der Waals surface area contributed by atoms with Gasteiger partial charge < -0.3 is 0 Å². The van der Waals surface area contributed by atoms with Gasteiger partial charge in [-0.1, -0.05) is 24.3 Å². The van der Waals surface area contributed by atoms with E-state index in [-0.39, 0.29) is 0 Å². The van der Waals surface area contributed by atoms with E-state index in [1.807, 2.05) is 12.3 Å². The molecule has 0 amide bonds. The highest BCUT2D eigenvalue weighted by Crippen LogP contribution is 2.37. The summed E-state index contributed by atoms with van der Waals surface area (Å²) in [6.07, 6.45) is 6.62. The van der Waals surface area contributed by atoms with E-state index in [1.165, 1.54) is 23.8 Å². The van der Waals surface area contributed by atoms with Gasteiger partial charge in [0.25, 0.3) is 0 Å². The fraction of sp³-hybridized carbons (Fsp3) is 0.400. The van der Waals surface area contributed by atoms with Crippen molar-refractivity contribution in [1.82, 2.24) is 4.98 Å². The Balaban J connectivity index is 1.79. The molecule has 88 valence electrons. The lowest BCUT2D eigenvalue weighted by molar-refractivity contribution is 0.678. The van der Waals surface area contributed by atoms with Crippen LogP contribution in [0.1, 0.15) is 24.8 Å². The van der Waals surface area contributed by atoms with Crippen molar-refractivity contribution in [3.63, 3.8) is 0 Å². The number of benzene rings is 1. The number of halogens is 1. The molecule has 0 bridgehead atoms. The molecule has 0 radical (unpaired) electrons. The lowest BCUT2D eigenvalue weighted by Crippen LogP contribution is -2.03. The van der Waals surface area contributed by atoms with Gasteiger partial charge in [0.2, 0.25) is 0 Å². The van der Waals surface area contributed by atoms with Gasteiger partial charge in [-0.15, -0.1) is 11.6 Å². The van der Waals surface area contributed by atoms with Crippen LogP contribution in [0.4, 0.5) is 0 Å². The number of rotatable bonds is 4. The van der Waals surface area contributed by atoms with Gasteiger partial charge in [-0.2, -0.15) is 0 Å². The van der Waals surface area contributed by atoms with Crippen LogP contribution in [0.2, 0.25) is 0 Å². The molecule has 1 atom stereocenters. The summed E-state index contributed by atoms with van der Waals surface area (Å²) in [6.45, 7) is 0. The van der Waals surface area contributed by atoms with E-state index in [0.717, 1.165) is 24.3 Å². The van der Waals surface area contributed by atoms with Crippen LogP contribution >= 0.6 is 11.6 Å². The van der Waals surface area contributed by atoms with Crippen molar-refractivity contribution in [3.05, 3.63) is 42.1 Å². The zero-order valence-electron chi connectivity index (χ0n) is 9.77. The van der Waals surface area contributed by atoms with E-state index in [2.05, 4.69) is 29.2 Å². The number of fused-ring (bicyclic) bond motifs is 1. The Kier molecular flexibility index (Phi) is 3.02. The highest BCUT2D eigenvalue weighted by Gasteiger charge is 2.29. The molecule has 1 saturated carbocycles. The van der Waals surface area contributed by atoms with Crippen LogP contribution < -0.4 is 0 Å². The second-order valence-corrected chi connectivity index (χ2v) is 5.44. The van der Waals surface area contributed by atoms with E-state index in [0.29, 0.717) is 5.38 Å². The maximum atomic E-state index is 6.36. The minimum Gasteiger partial charge on any atom is -0.256 e. The van der Waals surface area contributed by atoms with Crippen molar-refractivity contribution in [2.45, 2.75) is 31.1 Å². The number of aryl methyl sites for hydroxylation is 1. The summed E-state index contributed by atoms with van der Waals surface area (Å²) in [7, 11) is 0. The van der Waals surface area contributed by atoms with Gasteiger partial charge in [-0.25, -0.2) is 0 Å². The topological polar surface area (TPSA) is 12.9 Å². The predicted molar refractivity (Wildman–Crippen MR) is 72.4 cm³/mol. The third-order valence-electron chi connectivity index (χ3n) is 3.54. The molecule has 1 fully saturated rings. The average molecular weight is 246 g/mol. The molecule has 0 N–H and O–H groups in total. The smallest absolute Gasteiger partial charge is 0.0733 e. The minimum atomic E-state index is 0.356. The van der Waals surface area contributed by atoms with E-state index in [4.69, 9.17) is 11.6 Å². The molecule has 3 rings (SSSR count). The normalized spacial score (nSPS) is 17.2. The number of pyridine rings is 1. The third kappa shape index (κ3) is 2.44. The molecule has 0 spiro atoms. The number of hydrogen-bond acceptors (Lipinski definition) is 1. The lowest BCUT2D eigenvalue weighted by atomic mass is 10.0. The third-order valence-corrected chi connectivity index (χ3v) is 4.11. The number of alkyl halides is 1. The van der Waals surface area contributed by atoms with Crippen LogP contribution in [0.15, 0.2) is 36.5 Å². The van der Waals surface area contributed by atoms with Crippen LogP contribution in [0, 0.1) is 5.92 Å². The standard InChI is InChI=1S/C15H16ClN/c16-14(11-6-7-11)9-8-13-4-1-3-12-5-2-10-17-15(12)13/h1-5,10-11,14H,6-9H2. The first kappa shape index (κ1) is 11.0. The molecule has 1 aliphatic carbocycles. The molecule has 1 heterocycles. The zero-order valence-corrected chi connectivity index (χ0v) is 10.5. The minimum absolute atomic E-state index is 0.356. The SMILES string of the molecule is ClC(CCc1cccc2cccnc12)C1CC1. The van der Waals surface area contributed by atoms with E-state index in [9.17, 15) is 0 Å². The van der Waals surface area contributed by atoms with Gasteiger partial charge in [0.1, 0.15) is 0 Å². The largest absolute Gasteiger partial charge is 0.256 e. The highest BCUT2D eigenvalue weighted by molar-refractivity contribution is 6.21. The van der Waals surface area contributed by atoms with Crippen molar-refractivity contribution < 1.29 is 0 Å². The van der Waals surface area contributed by atoms with E-state index in [1.54, 1.807) is 0 Å². The Hall–Kier alpha value is -1.08. The molecule has 0 saturated heterocycles. The Morgan fingerprint density at radius 3 is 2.88 bits per heavy atom. The second-order valence-electron chi connectivity index (χ2n) is 4.88. The summed E-state index contributed by atoms with van der Waals surface area (Å²) >= 11 is 6.36. The maximum absolute atomic E-state index is 6.36. The van der Waals surface area contributed by atoms with Gasteiger partial charge in [0.05, 0.1) is 5.52 Å². The first-order valence-corrected chi connectivity index (χ1v) is 6.75. The molecule has 1 aromatic heterocycles. The molecule has 17 heavy (non-hydrogen) atoms. The first-order chi connectivity index (χ1) is 8.34. The van der Waals surface area contributed by atoms with Crippen molar-refractivity contribution in [1.29, 1.82) is 0 Å². The van der Waals surface area contributed by atoms with Gasteiger partial charge >= 0.3 is 0 Å². The van der Waals surface area contributed by atoms with Gasteiger partial charge in [0.15, 0.2) is 0 Å². The second kappa shape index (κ2) is 4.66. The fourth-order valence-electron chi connectivity index (χ4n) is 2.36. The zero-order chi connectivity index (χ0) is 11.7. The number of para-hydroxylation sites is 1. The summed E-state index contributed by atoms with van der Waals surface area (Å²) in [5, 5.41) is 1.58. The van der Waals surface area contributed by atoms with Crippen LogP contribution in [0.3, 0.4) is 0 Å². The van der Waals surface area contributed by atoms with Gasteiger partial charge in [-0.3, -0.25) is 4.98 Å². The quantitative estimate of drug-likeness (QED) is 0.737. The Morgan fingerprint density at radius 1 is 1.24 bits per heavy atom. The summed E-state index contributed by atoms with van der Waals surface area (Å²) in [6, 6.07) is 10.5. The van der Waals surface area contributed by atoms with Crippen molar-refractivity contribution in [3.8, 4) is 0 Å². The number of hydrogen-bond donors (Lipinski definition) is 0. The molecular weight excluding hydrogens is 230 g/mol. The Morgan fingerprint density at radius 2 is 2.06 bits per heavy atom. The predicted octanol–water partition coefficient (Wildman–Crippen LogP) is 4.18. The summed E-state index contributed by atoms with van der Waals surface area (Å²) < 4.78 is 0. The van der Waals surface area contributed by atoms with Crippen LogP contribution in [-0.4, -0.2) is 10.4 Å². The highest BCUT2D eigenvalue weighted by atomic mass is 35.5. The summed E-state index contributed by atoms with van der Waals surface area (Å²) in [4.78, 5) is 4.48. The van der Waals surface area contributed by atoms with Crippen LogP contribution in [0.5, 0.6) is 0 Å². The van der Waals surface area contributed by atoms with Gasteiger partial charge in [-0.05, 0) is 43.2 Å². The fourth-order valence-corrected chi connectivity index (χ4v) is 2.72. The molecular formula is C15H16ClN. The Bertz CT molecular complexity index is 514. The van der Waals surface area contributed by atoms with E-state index >= 15 is 0 Å². The summed E-state index contributed by atoms with van der Waals surface area (Å²) in [5.74, 6) is 0.777.